The highest BCUT2D eigenvalue weighted by Crippen LogP contribution is 2.20. The zero-order chi connectivity index (χ0) is 24.3. The summed E-state index contributed by atoms with van der Waals surface area (Å²) in [4.78, 5) is 35.0. The number of hydrogen-bond donors (Lipinski definition) is 0. The lowest BCUT2D eigenvalue weighted by Gasteiger charge is -2.35. The number of rotatable bonds is 5. The molecule has 2 aromatic carbocycles. The summed E-state index contributed by atoms with van der Waals surface area (Å²) in [5.74, 6) is 0.720. The first kappa shape index (κ1) is 24.0. The Kier molecular flexibility index (Phi) is 7.03. The van der Waals surface area contributed by atoms with Crippen molar-refractivity contribution in [1.82, 2.24) is 19.4 Å². The van der Waals surface area contributed by atoms with Crippen molar-refractivity contribution in [2.75, 3.05) is 26.2 Å². The van der Waals surface area contributed by atoms with Gasteiger partial charge in [-0.05, 0) is 51.0 Å². The van der Waals surface area contributed by atoms with E-state index in [2.05, 4.69) is 17.9 Å². The van der Waals surface area contributed by atoms with Gasteiger partial charge in [0, 0.05) is 26.2 Å². The first-order chi connectivity index (χ1) is 16.3. The average molecular weight is 463 g/mol. The van der Waals surface area contributed by atoms with Gasteiger partial charge >= 0.3 is 6.09 Å². The number of hydrogen-bond acceptors (Lipinski definition) is 5. The molecule has 0 saturated carbocycles. The molecule has 0 atom stereocenters. The number of fused-ring (bicyclic) bond motifs is 1. The molecule has 1 aliphatic rings. The number of piperazine rings is 1. The van der Waals surface area contributed by atoms with Gasteiger partial charge in [-0.1, -0.05) is 43.7 Å². The minimum absolute atomic E-state index is 0.0449. The van der Waals surface area contributed by atoms with Crippen LogP contribution in [0.3, 0.4) is 0 Å². The van der Waals surface area contributed by atoms with E-state index in [1.807, 2.05) is 63.2 Å². The molecule has 2 heterocycles. The van der Waals surface area contributed by atoms with Crippen LogP contribution in [0.1, 0.15) is 45.5 Å². The predicted molar refractivity (Wildman–Crippen MR) is 134 cm³/mol. The summed E-state index contributed by atoms with van der Waals surface area (Å²) in [6, 6.07) is 15.6. The average Bonchev–Trinajstić information content (AvgIpc) is 2.80. The summed E-state index contributed by atoms with van der Waals surface area (Å²) in [5, 5.41) is 0.618. The fourth-order valence-corrected chi connectivity index (χ4v) is 4.36. The Labute approximate surface area is 201 Å². The second kappa shape index (κ2) is 9.97. The molecule has 0 radical (unpaired) electrons. The van der Waals surface area contributed by atoms with Crippen molar-refractivity contribution >= 4 is 17.0 Å². The van der Waals surface area contributed by atoms with Gasteiger partial charge in [0.05, 0.1) is 23.1 Å². The number of para-hydroxylation sites is 2. The van der Waals surface area contributed by atoms with E-state index in [9.17, 15) is 9.59 Å². The van der Waals surface area contributed by atoms with E-state index in [-0.39, 0.29) is 11.7 Å². The van der Waals surface area contributed by atoms with E-state index < -0.39 is 5.60 Å². The largest absolute Gasteiger partial charge is 0.444 e. The van der Waals surface area contributed by atoms with Crippen LogP contribution in [0.25, 0.3) is 16.6 Å². The summed E-state index contributed by atoms with van der Waals surface area (Å²) in [7, 11) is 0. The van der Waals surface area contributed by atoms with Crippen LogP contribution < -0.4 is 5.56 Å². The number of carbonyl (C=O) groups is 1. The highest BCUT2D eigenvalue weighted by Gasteiger charge is 2.27. The SMILES string of the molecule is CCCc1ccccc1-n1c(CN2CCN(C(=O)OC(C)(C)C)CC2)nc2ccccc2c1=O. The van der Waals surface area contributed by atoms with Gasteiger partial charge in [-0.15, -0.1) is 0 Å². The van der Waals surface area contributed by atoms with Gasteiger partial charge in [0.2, 0.25) is 0 Å². The number of nitrogens with zero attached hydrogens (tertiary/aromatic N) is 4. The van der Waals surface area contributed by atoms with Gasteiger partial charge in [0.25, 0.3) is 5.56 Å². The number of amides is 1. The minimum Gasteiger partial charge on any atom is -0.444 e. The normalized spacial score (nSPS) is 15.0. The standard InChI is InChI=1S/C27H34N4O3/c1-5-10-20-11-6-9-14-23(20)31-24(28-22-13-8-7-12-21(22)25(31)32)19-29-15-17-30(18-16-29)26(33)34-27(2,3)4/h6-9,11-14H,5,10,15-19H2,1-4H3. The lowest BCUT2D eigenvalue weighted by molar-refractivity contribution is 0.0136. The third-order valence-corrected chi connectivity index (χ3v) is 5.99. The van der Waals surface area contributed by atoms with Crippen LogP contribution in [0, 0.1) is 0 Å². The van der Waals surface area contributed by atoms with E-state index in [1.54, 1.807) is 9.47 Å². The molecule has 3 aromatic rings. The van der Waals surface area contributed by atoms with Crippen molar-refractivity contribution in [1.29, 1.82) is 0 Å². The third kappa shape index (κ3) is 5.30. The van der Waals surface area contributed by atoms with E-state index in [1.165, 1.54) is 0 Å². The first-order valence-corrected chi connectivity index (χ1v) is 12.1. The quantitative estimate of drug-likeness (QED) is 0.563. The lowest BCUT2D eigenvalue weighted by Crippen LogP contribution is -2.50. The highest BCUT2D eigenvalue weighted by atomic mass is 16.6. The molecule has 1 amide bonds. The number of aromatic nitrogens is 2. The van der Waals surface area contributed by atoms with Gasteiger partial charge in [-0.2, -0.15) is 0 Å². The molecule has 7 nitrogen and oxygen atoms in total. The van der Waals surface area contributed by atoms with Gasteiger partial charge in [-0.3, -0.25) is 14.3 Å². The molecule has 1 fully saturated rings. The summed E-state index contributed by atoms with van der Waals surface area (Å²) < 4.78 is 7.30. The Bertz CT molecular complexity index is 1220. The third-order valence-electron chi connectivity index (χ3n) is 5.99. The molecule has 0 aliphatic carbocycles. The number of carbonyl (C=O) groups excluding carboxylic acids is 1. The van der Waals surface area contributed by atoms with Crippen LogP contribution in [0.2, 0.25) is 0 Å². The fourth-order valence-electron chi connectivity index (χ4n) is 4.36. The van der Waals surface area contributed by atoms with Gasteiger partial charge in [0.15, 0.2) is 0 Å². The Hall–Kier alpha value is -3.19. The van der Waals surface area contributed by atoms with Gasteiger partial charge < -0.3 is 9.64 Å². The van der Waals surface area contributed by atoms with Gasteiger partial charge in [0.1, 0.15) is 11.4 Å². The monoisotopic (exact) mass is 462 g/mol. The van der Waals surface area contributed by atoms with E-state index >= 15 is 0 Å². The van der Waals surface area contributed by atoms with Crippen molar-refractivity contribution in [3.8, 4) is 5.69 Å². The van der Waals surface area contributed by atoms with Gasteiger partial charge in [-0.25, -0.2) is 9.78 Å². The van der Waals surface area contributed by atoms with Crippen LogP contribution in [0.5, 0.6) is 0 Å². The molecular weight excluding hydrogens is 428 g/mol. The van der Waals surface area contributed by atoms with Crippen LogP contribution in [-0.2, 0) is 17.7 Å². The second-order valence-corrected chi connectivity index (χ2v) is 9.81. The smallest absolute Gasteiger partial charge is 0.410 e. The number of ether oxygens (including phenoxy) is 1. The summed E-state index contributed by atoms with van der Waals surface area (Å²) in [5.41, 5.74) is 2.19. The Morgan fingerprint density at radius 2 is 1.68 bits per heavy atom. The highest BCUT2D eigenvalue weighted by molar-refractivity contribution is 5.78. The Balaban J connectivity index is 1.64. The van der Waals surface area contributed by atoms with E-state index in [4.69, 9.17) is 9.72 Å². The maximum absolute atomic E-state index is 13.7. The van der Waals surface area contributed by atoms with Crippen molar-refractivity contribution < 1.29 is 9.53 Å². The first-order valence-electron chi connectivity index (χ1n) is 12.1. The molecule has 4 rings (SSSR count). The molecule has 1 saturated heterocycles. The van der Waals surface area contributed by atoms with Crippen LogP contribution in [0.15, 0.2) is 53.3 Å². The Morgan fingerprint density at radius 1 is 1.00 bits per heavy atom. The fraction of sp³-hybridized carbons (Fsp3) is 0.444. The van der Waals surface area contributed by atoms with Crippen LogP contribution in [0.4, 0.5) is 4.79 Å². The molecule has 180 valence electrons. The summed E-state index contributed by atoms with van der Waals surface area (Å²) in [6.45, 7) is 10.9. The van der Waals surface area contributed by atoms with Crippen molar-refractivity contribution in [2.45, 2.75) is 52.7 Å². The second-order valence-electron chi connectivity index (χ2n) is 9.81. The van der Waals surface area contributed by atoms with Crippen molar-refractivity contribution in [3.63, 3.8) is 0 Å². The topological polar surface area (TPSA) is 67.7 Å². The zero-order valence-corrected chi connectivity index (χ0v) is 20.6. The minimum atomic E-state index is -0.509. The van der Waals surface area contributed by atoms with Crippen LogP contribution >= 0.6 is 0 Å². The maximum Gasteiger partial charge on any atom is 0.410 e. The molecule has 1 aliphatic heterocycles. The Morgan fingerprint density at radius 3 is 2.38 bits per heavy atom. The number of aryl methyl sites for hydroxylation is 1. The summed E-state index contributed by atoms with van der Waals surface area (Å²) >= 11 is 0. The van der Waals surface area contributed by atoms with E-state index in [0.29, 0.717) is 43.6 Å². The molecule has 34 heavy (non-hydrogen) atoms. The van der Waals surface area contributed by atoms with E-state index in [0.717, 1.165) is 29.9 Å². The molecule has 0 spiro atoms. The zero-order valence-electron chi connectivity index (χ0n) is 20.6. The molecule has 1 aromatic heterocycles. The molecule has 0 bridgehead atoms. The molecule has 0 unspecified atom stereocenters. The number of benzene rings is 2. The maximum atomic E-state index is 13.7. The summed E-state index contributed by atoms with van der Waals surface area (Å²) in [6.07, 6.45) is 1.61. The van der Waals surface area contributed by atoms with Crippen molar-refractivity contribution in [2.24, 2.45) is 0 Å². The van der Waals surface area contributed by atoms with Crippen LogP contribution in [-0.4, -0.2) is 57.2 Å². The van der Waals surface area contributed by atoms with Crippen molar-refractivity contribution in [3.05, 3.63) is 70.3 Å². The lowest BCUT2D eigenvalue weighted by atomic mass is 10.1. The molecular formula is C27H34N4O3. The predicted octanol–water partition coefficient (Wildman–Crippen LogP) is 4.39. The molecule has 0 N–H and O–H groups in total. The molecule has 7 heteroatoms.